The molecule has 0 rings (SSSR count). The van der Waals surface area contributed by atoms with Gasteiger partial charge in [-0.15, -0.1) is 0 Å². The van der Waals surface area contributed by atoms with Crippen molar-refractivity contribution in [1.82, 2.24) is 0 Å². The Balaban J connectivity index is 3.42. The first-order valence-corrected chi connectivity index (χ1v) is 2.76. The van der Waals surface area contributed by atoms with Crippen LogP contribution in [0.5, 0.6) is 0 Å². The maximum absolute atomic E-state index is 11.8. The Morgan fingerprint density at radius 1 is 1.62 bits per heavy atom. The fourth-order valence-corrected chi connectivity index (χ4v) is 0.337. The summed E-state index contributed by atoms with van der Waals surface area (Å²) in [4.78, 5) is 0. The van der Waals surface area contributed by atoms with Crippen molar-refractivity contribution in [3.63, 3.8) is 0 Å². The van der Waals surface area contributed by atoms with E-state index in [0.29, 0.717) is 0 Å². The second kappa shape index (κ2) is 4.57. The quantitative estimate of drug-likeness (QED) is 0.484. The Morgan fingerprint density at radius 2 is 2.25 bits per heavy atom. The number of halogens is 1. The Morgan fingerprint density at radius 3 is 2.62 bits per heavy atom. The molecule has 0 heterocycles. The summed E-state index contributed by atoms with van der Waals surface area (Å²) in [5, 5.41) is 0. The van der Waals surface area contributed by atoms with Gasteiger partial charge in [-0.1, -0.05) is 19.1 Å². The van der Waals surface area contributed by atoms with Gasteiger partial charge in [0, 0.05) is 0 Å². The first-order chi connectivity index (χ1) is 3.77. The zero-order valence-corrected chi connectivity index (χ0v) is 5.32. The standard InChI is InChI=1S/C7H11F/c1-3-4-5-6-7(2)8/h4-6H,3H2,1-2H3/b5-4-,7-6+. The molecule has 46 valence electrons. The van der Waals surface area contributed by atoms with Crippen LogP contribution in [0.4, 0.5) is 4.39 Å². The van der Waals surface area contributed by atoms with Gasteiger partial charge in [-0.3, -0.25) is 0 Å². The van der Waals surface area contributed by atoms with Crippen LogP contribution in [0.15, 0.2) is 24.1 Å². The summed E-state index contributed by atoms with van der Waals surface area (Å²) in [6.07, 6.45) is 6.03. The molecule has 0 aliphatic heterocycles. The molecule has 0 unspecified atom stereocenters. The third-order valence-corrected chi connectivity index (χ3v) is 0.698. The zero-order valence-electron chi connectivity index (χ0n) is 5.32. The van der Waals surface area contributed by atoms with Crippen molar-refractivity contribution >= 4 is 0 Å². The van der Waals surface area contributed by atoms with E-state index in [4.69, 9.17) is 0 Å². The number of rotatable bonds is 2. The summed E-state index contributed by atoms with van der Waals surface area (Å²) < 4.78 is 11.8. The van der Waals surface area contributed by atoms with Crippen molar-refractivity contribution in [2.75, 3.05) is 0 Å². The first-order valence-electron chi connectivity index (χ1n) is 2.76. The molecule has 0 fully saturated rings. The molecular weight excluding hydrogens is 103 g/mol. The van der Waals surface area contributed by atoms with Gasteiger partial charge in [0.25, 0.3) is 0 Å². The third kappa shape index (κ3) is 5.41. The largest absolute Gasteiger partial charge is 0.212 e. The van der Waals surface area contributed by atoms with Gasteiger partial charge < -0.3 is 0 Å². The Labute approximate surface area is 49.7 Å². The highest BCUT2D eigenvalue weighted by atomic mass is 19.1. The van der Waals surface area contributed by atoms with Gasteiger partial charge in [0.15, 0.2) is 0 Å². The van der Waals surface area contributed by atoms with Crippen LogP contribution in [0.3, 0.4) is 0 Å². The predicted molar refractivity (Wildman–Crippen MR) is 34.3 cm³/mol. The molecule has 0 saturated carbocycles. The van der Waals surface area contributed by atoms with Crippen LogP contribution in [0.25, 0.3) is 0 Å². The molecule has 1 heteroatoms. The SMILES string of the molecule is CC/C=C\C=C(/C)F. The van der Waals surface area contributed by atoms with Gasteiger partial charge in [0.05, 0.1) is 5.83 Å². The number of allylic oxidation sites excluding steroid dienone is 4. The van der Waals surface area contributed by atoms with Crippen LogP contribution in [0.2, 0.25) is 0 Å². The van der Waals surface area contributed by atoms with E-state index in [2.05, 4.69) is 0 Å². The lowest BCUT2D eigenvalue weighted by Gasteiger charge is -1.76. The molecule has 0 saturated heterocycles. The lowest BCUT2D eigenvalue weighted by Crippen LogP contribution is -1.56. The second-order valence-corrected chi connectivity index (χ2v) is 1.59. The highest BCUT2D eigenvalue weighted by molar-refractivity contribution is 5.04. The van der Waals surface area contributed by atoms with Crippen molar-refractivity contribution in [3.8, 4) is 0 Å². The van der Waals surface area contributed by atoms with Crippen LogP contribution in [-0.2, 0) is 0 Å². The van der Waals surface area contributed by atoms with E-state index in [1.54, 1.807) is 6.08 Å². The van der Waals surface area contributed by atoms with Crippen molar-refractivity contribution in [1.29, 1.82) is 0 Å². The van der Waals surface area contributed by atoms with Gasteiger partial charge in [0.2, 0.25) is 0 Å². The van der Waals surface area contributed by atoms with E-state index in [0.717, 1.165) is 6.42 Å². The molecule has 0 bridgehead atoms. The van der Waals surface area contributed by atoms with Crippen molar-refractivity contribution < 1.29 is 4.39 Å². The Hall–Kier alpha value is -0.590. The maximum Gasteiger partial charge on any atom is 0.0968 e. The van der Waals surface area contributed by atoms with Gasteiger partial charge >= 0.3 is 0 Å². The summed E-state index contributed by atoms with van der Waals surface area (Å²) >= 11 is 0. The third-order valence-electron chi connectivity index (χ3n) is 0.698. The number of hydrogen-bond acceptors (Lipinski definition) is 0. The lowest BCUT2D eigenvalue weighted by molar-refractivity contribution is 0.640. The minimum atomic E-state index is -0.144. The average molecular weight is 114 g/mol. The van der Waals surface area contributed by atoms with Crippen LogP contribution in [0, 0.1) is 0 Å². The molecule has 0 N–H and O–H groups in total. The minimum absolute atomic E-state index is 0.144. The van der Waals surface area contributed by atoms with Crippen LogP contribution in [-0.4, -0.2) is 0 Å². The van der Waals surface area contributed by atoms with E-state index in [1.165, 1.54) is 13.0 Å². The molecule has 0 radical (unpaired) electrons. The van der Waals surface area contributed by atoms with E-state index in [1.807, 2.05) is 13.0 Å². The van der Waals surface area contributed by atoms with Crippen LogP contribution in [0.1, 0.15) is 20.3 Å². The summed E-state index contributed by atoms with van der Waals surface area (Å²) in [6, 6.07) is 0. The summed E-state index contributed by atoms with van der Waals surface area (Å²) in [5.74, 6) is -0.144. The molecule has 0 aromatic heterocycles. The van der Waals surface area contributed by atoms with Crippen molar-refractivity contribution in [2.45, 2.75) is 20.3 Å². The van der Waals surface area contributed by atoms with Crippen LogP contribution >= 0.6 is 0 Å². The molecule has 0 amide bonds. The topological polar surface area (TPSA) is 0 Å². The van der Waals surface area contributed by atoms with E-state index in [-0.39, 0.29) is 5.83 Å². The molecule has 0 spiro atoms. The highest BCUT2D eigenvalue weighted by Gasteiger charge is 1.72. The van der Waals surface area contributed by atoms with Gasteiger partial charge in [-0.2, -0.15) is 0 Å². The van der Waals surface area contributed by atoms with Crippen LogP contribution < -0.4 is 0 Å². The molecule has 0 nitrogen and oxygen atoms in total. The first kappa shape index (κ1) is 7.41. The molecule has 0 aromatic carbocycles. The van der Waals surface area contributed by atoms with E-state index >= 15 is 0 Å². The number of hydrogen-bond donors (Lipinski definition) is 0. The van der Waals surface area contributed by atoms with Crippen molar-refractivity contribution in [2.24, 2.45) is 0 Å². The van der Waals surface area contributed by atoms with Gasteiger partial charge in [0.1, 0.15) is 0 Å². The monoisotopic (exact) mass is 114 g/mol. The van der Waals surface area contributed by atoms with E-state index < -0.39 is 0 Å². The molecule has 0 aliphatic rings. The lowest BCUT2D eigenvalue weighted by atomic mass is 10.4. The molecule has 0 atom stereocenters. The fourth-order valence-electron chi connectivity index (χ4n) is 0.337. The van der Waals surface area contributed by atoms with E-state index in [9.17, 15) is 4.39 Å². The average Bonchev–Trinajstić information content (AvgIpc) is 1.66. The van der Waals surface area contributed by atoms with Crippen molar-refractivity contribution in [3.05, 3.63) is 24.1 Å². The summed E-state index contributed by atoms with van der Waals surface area (Å²) in [7, 11) is 0. The second-order valence-electron chi connectivity index (χ2n) is 1.59. The van der Waals surface area contributed by atoms with Gasteiger partial charge in [-0.05, 0) is 19.4 Å². The maximum atomic E-state index is 11.8. The van der Waals surface area contributed by atoms with Gasteiger partial charge in [-0.25, -0.2) is 4.39 Å². The zero-order chi connectivity index (χ0) is 6.41. The fraction of sp³-hybridized carbons (Fsp3) is 0.429. The Bertz CT molecular complexity index is 97.0. The summed E-state index contributed by atoms with van der Waals surface area (Å²) in [6.45, 7) is 3.44. The molecule has 0 aromatic rings. The Kier molecular flexibility index (Phi) is 4.23. The summed E-state index contributed by atoms with van der Waals surface area (Å²) in [5.41, 5.74) is 0. The highest BCUT2D eigenvalue weighted by Crippen LogP contribution is 1.92. The smallest absolute Gasteiger partial charge is 0.0968 e. The molecule has 8 heavy (non-hydrogen) atoms. The predicted octanol–water partition coefficient (Wildman–Crippen LogP) is 2.83. The molecular formula is C7H11F. The minimum Gasteiger partial charge on any atom is -0.212 e. The molecule has 0 aliphatic carbocycles. The normalized spacial score (nSPS) is 13.1.